The lowest BCUT2D eigenvalue weighted by Crippen LogP contribution is -2.57. The van der Waals surface area contributed by atoms with Crippen molar-refractivity contribution in [1.29, 1.82) is 0 Å². The summed E-state index contributed by atoms with van der Waals surface area (Å²) in [5.41, 5.74) is 0.484. The predicted octanol–water partition coefficient (Wildman–Crippen LogP) is 3.59. The van der Waals surface area contributed by atoms with Crippen LogP contribution in [0.2, 0.25) is 0 Å². The summed E-state index contributed by atoms with van der Waals surface area (Å²) in [5, 5.41) is 3.75. The standard InChI is InChI=1S/C18H33NOS/c1-4-19-17(12-21(20)11-13(2)3)18-8-14-5-15(9-18)7-16(6-14)10-18/h13-17,19H,4-12H2,1-3H3. The molecule has 2 unspecified atom stereocenters. The zero-order valence-corrected chi connectivity index (χ0v) is 14.9. The minimum atomic E-state index is -0.657. The highest BCUT2D eigenvalue weighted by molar-refractivity contribution is 7.85. The van der Waals surface area contributed by atoms with Crippen molar-refractivity contribution in [2.45, 2.75) is 65.3 Å². The van der Waals surface area contributed by atoms with Gasteiger partial charge in [-0.05, 0) is 74.2 Å². The van der Waals surface area contributed by atoms with Gasteiger partial charge in [-0.25, -0.2) is 0 Å². The van der Waals surface area contributed by atoms with E-state index >= 15 is 0 Å². The van der Waals surface area contributed by atoms with Crippen LogP contribution in [0.3, 0.4) is 0 Å². The van der Waals surface area contributed by atoms with E-state index in [2.05, 4.69) is 26.1 Å². The van der Waals surface area contributed by atoms with Crippen LogP contribution in [-0.2, 0) is 10.8 Å². The SMILES string of the molecule is CCNC(CS(=O)CC(C)C)C12CC3CC(CC(C3)C1)C2. The van der Waals surface area contributed by atoms with Crippen LogP contribution in [0.15, 0.2) is 0 Å². The highest BCUT2D eigenvalue weighted by atomic mass is 32.2. The molecule has 21 heavy (non-hydrogen) atoms. The van der Waals surface area contributed by atoms with Crippen molar-refractivity contribution < 1.29 is 4.21 Å². The molecule has 4 aliphatic carbocycles. The van der Waals surface area contributed by atoms with Gasteiger partial charge in [0.15, 0.2) is 0 Å². The highest BCUT2D eigenvalue weighted by Crippen LogP contribution is 2.61. The Morgan fingerprint density at radius 2 is 1.57 bits per heavy atom. The van der Waals surface area contributed by atoms with Gasteiger partial charge in [-0.2, -0.15) is 0 Å². The normalized spacial score (nSPS) is 40.7. The van der Waals surface area contributed by atoms with Gasteiger partial charge in [0, 0.05) is 28.3 Å². The summed E-state index contributed by atoms with van der Waals surface area (Å²) in [6.45, 7) is 7.60. The second kappa shape index (κ2) is 6.31. The zero-order valence-electron chi connectivity index (χ0n) is 14.1. The summed E-state index contributed by atoms with van der Waals surface area (Å²) < 4.78 is 12.5. The van der Waals surface area contributed by atoms with Crippen LogP contribution in [0.4, 0.5) is 0 Å². The number of rotatable bonds is 7. The Morgan fingerprint density at radius 3 is 2.00 bits per heavy atom. The van der Waals surface area contributed by atoms with Crippen LogP contribution in [0.1, 0.15) is 59.3 Å². The van der Waals surface area contributed by atoms with Crippen LogP contribution >= 0.6 is 0 Å². The largest absolute Gasteiger partial charge is 0.313 e. The molecule has 2 atom stereocenters. The molecule has 0 amide bonds. The molecule has 4 rings (SSSR count). The second-order valence-corrected chi connectivity index (χ2v) is 10.1. The van der Waals surface area contributed by atoms with E-state index in [-0.39, 0.29) is 0 Å². The van der Waals surface area contributed by atoms with E-state index in [4.69, 9.17) is 0 Å². The minimum Gasteiger partial charge on any atom is -0.313 e. The number of nitrogens with one attached hydrogen (secondary N) is 1. The molecule has 4 fully saturated rings. The van der Waals surface area contributed by atoms with Crippen LogP contribution in [0.25, 0.3) is 0 Å². The quantitative estimate of drug-likeness (QED) is 0.778. The minimum absolute atomic E-state index is 0.484. The van der Waals surface area contributed by atoms with Gasteiger partial charge < -0.3 is 5.32 Å². The fourth-order valence-electron chi connectivity index (χ4n) is 5.93. The molecule has 0 aliphatic heterocycles. The topological polar surface area (TPSA) is 29.1 Å². The third-order valence-corrected chi connectivity index (χ3v) is 7.89. The van der Waals surface area contributed by atoms with Crippen LogP contribution in [0, 0.1) is 29.1 Å². The average molecular weight is 312 g/mol. The molecule has 122 valence electrons. The summed E-state index contributed by atoms with van der Waals surface area (Å²) in [6.07, 6.45) is 8.72. The molecule has 0 aromatic carbocycles. The number of hydrogen-bond acceptors (Lipinski definition) is 2. The van der Waals surface area contributed by atoms with Gasteiger partial charge in [-0.1, -0.05) is 20.8 Å². The molecule has 0 radical (unpaired) electrons. The van der Waals surface area contributed by atoms with Gasteiger partial charge in [0.25, 0.3) is 0 Å². The van der Waals surface area contributed by atoms with Gasteiger partial charge in [0.05, 0.1) is 0 Å². The highest BCUT2D eigenvalue weighted by Gasteiger charge is 2.54. The van der Waals surface area contributed by atoms with Crippen molar-refractivity contribution in [2.75, 3.05) is 18.1 Å². The molecule has 0 spiro atoms. The first-order valence-corrected chi connectivity index (χ1v) is 10.6. The maximum absolute atomic E-state index is 12.5. The molecule has 1 N–H and O–H groups in total. The first-order valence-electron chi connectivity index (χ1n) is 9.09. The monoisotopic (exact) mass is 311 g/mol. The molecule has 0 aromatic heterocycles. The lowest BCUT2D eigenvalue weighted by molar-refractivity contribution is -0.0692. The van der Waals surface area contributed by atoms with E-state index in [1.54, 1.807) is 0 Å². The fraction of sp³-hybridized carbons (Fsp3) is 1.00. The molecule has 3 heteroatoms. The molecule has 4 saturated carbocycles. The maximum Gasteiger partial charge on any atom is 0.0394 e. The zero-order chi connectivity index (χ0) is 15.0. The average Bonchev–Trinajstić information content (AvgIpc) is 2.35. The van der Waals surface area contributed by atoms with Gasteiger partial charge in [0.2, 0.25) is 0 Å². The molecular weight excluding hydrogens is 278 g/mol. The lowest BCUT2D eigenvalue weighted by Gasteiger charge is -2.59. The maximum atomic E-state index is 12.5. The number of hydrogen-bond donors (Lipinski definition) is 1. The second-order valence-electron chi connectivity index (χ2n) is 8.56. The molecule has 0 saturated heterocycles. The predicted molar refractivity (Wildman–Crippen MR) is 90.8 cm³/mol. The van der Waals surface area contributed by atoms with Crippen molar-refractivity contribution in [3.8, 4) is 0 Å². The van der Waals surface area contributed by atoms with E-state index in [1.807, 2.05) is 0 Å². The van der Waals surface area contributed by atoms with Crippen molar-refractivity contribution in [3.05, 3.63) is 0 Å². The Hall–Kier alpha value is 0.110. The Labute approximate surface area is 133 Å². The summed E-state index contributed by atoms with van der Waals surface area (Å²) in [7, 11) is -0.657. The molecule has 0 aromatic rings. The van der Waals surface area contributed by atoms with Crippen LogP contribution in [-0.4, -0.2) is 28.3 Å². The molecule has 4 aliphatic rings. The summed E-state index contributed by atoms with van der Waals surface area (Å²) in [5.74, 6) is 5.25. The molecule has 0 heterocycles. The summed E-state index contributed by atoms with van der Waals surface area (Å²) in [4.78, 5) is 0. The Bertz CT molecular complexity index is 357. The molecule has 2 nitrogen and oxygen atoms in total. The van der Waals surface area contributed by atoms with Crippen molar-refractivity contribution >= 4 is 10.8 Å². The Balaban J connectivity index is 1.72. The van der Waals surface area contributed by atoms with Crippen molar-refractivity contribution in [2.24, 2.45) is 29.1 Å². The summed E-state index contributed by atoms with van der Waals surface area (Å²) in [6, 6.07) is 0.496. The first-order chi connectivity index (χ1) is 10.0. The smallest absolute Gasteiger partial charge is 0.0394 e. The third-order valence-electron chi connectivity index (χ3n) is 6.15. The lowest BCUT2D eigenvalue weighted by atomic mass is 9.48. The van der Waals surface area contributed by atoms with Crippen LogP contribution in [0.5, 0.6) is 0 Å². The van der Waals surface area contributed by atoms with E-state index < -0.39 is 10.8 Å². The van der Waals surface area contributed by atoms with E-state index in [0.717, 1.165) is 35.8 Å². The first kappa shape index (κ1) is 16.0. The van der Waals surface area contributed by atoms with Crippen molar-refractivity contribution in [3.63, 3.8) is 0 Å². The van der Waals surface area contributed by atoms with E-state index in [1.165, 1.54) is 38.5 Å². The fourth-order valence-corrected chi connectivity index (χ4v) is 7.65. The Morgan fingerprint density at radius 1 is 1.05 bits per heavy atom. The molecular formula is C18H33NOS. The van der Waals surface area contributed by atoms with E-state index in [0.29, 0.717) is 17.4 Å². The van der Waals surface area contributed by atoms with E-state index in [9.17, 15) is 4.21 Å². The molecule has 4 bridgehead atoms. The van der Waals surface area contributed by atoms with Gasteiger partial charge in [0.1, 0.15) is 0 Å². The Kier molecular flexibility index (Phi) is 4.80. The van der Waals surface area contributed by atoms with Gasteiger partial charge in [-0.3, -0.25) is 4.21 Å². The van der Waals surface area contributed by atoms with Gasteiger partial charge in [-0.15, -0.1) is 0 Å². The van der Waals surface area contributed by atoms with Crippen molar-refractivity contribution in [1.82, 2.24) is 5.32 Å². The summed E-state index contributed by atoms with van der Waals surface area (Å²) >= 11 is 0. The van der Waals surface area contributed by atoms with Gasteiger partial charge >= 0.3 is 0 Å². The van der Waals surface area contributed by atoms with Crippen LogP contribution < -0.4 is 5.32 Å². The third kappa shape index (κ3) is 3.39.